The third kappa shape index (κ3) is 4.58. The van der Waals surface area contributed by atoms with Crippen LogP contribution in [0.3, 0.4) is 0 Å². The molecule has 132 valence electrons. The number of nitrogens with one attached hydrogen (secondary N) is 1. The fourth-order valence-corrected chi connectivity index (χ4v) is 3.12. The number of nitrogens with zero attached hydrogens (tertiary/aromatic N) is 1. The monoisotopic (exact) mass is 352 g/mol. The summed E-state index contributed by atoms with van der Waals surface area (Å²) in [5.41, 5.74) is 1.56. The van der Waals surface area contributed by atoms with E-state index in [4.69, 9.17) is 4.74 Å². The van der Waals surface area contributed by atoms with E-state index < -0.39 is 15.6 Å². The van der Waals surface area contributed by atoms with E-state index in [1.54, 1.807) is 29.2 Å². The Morgan fingerprint density at radius 2 is 1.83 bits per heavy atom. The molecule has 0 atom stereocenters. The molecule has 1 amide bonds. The molecule has 0 saturated carbocycles. The first-order valence-corrected chi connectivity index (χ1v) is 9.32. The lowest BCUT2D eigenvalue weighted by atomic mass is 10.00. The van der Waals surface area contributed by atoms with Crippen molar-refractivity contribution in [1.29, 1.82) is 0 Å². The number of carbonyl (C=O) groups is 1. The van der Waals surface area contributed by atoms with Gasteiger partial charge in [0.25, 0.3) is 0 Å². The van der Waals surface area contributed by atoms with Gasteiger partial charge in [0.2, 0.25) is 10.0 Å². The Bertz CT molecular complexity index is 731. The average Bonchev–Trinajstić information content (AvgIpc) is 2.53. The first-order valence-electron chi connectivity index (χ1n) is 7.83. The molecule has 0 radical (unpaired) electrons. The fourth-order valence-electron chi connectivity index (χ4n) is 2.39. The maximum atomic E-state index is 12.0. The van der Waals surface area contributed by atoms with Crippen LogP contribution < -0.4 is 4.72 Å². The standard InChI is InChI=1S/C17H24N2O4S/c1-17(2,3)23-16(20)19-11-9-14(10-12-19)13-5-7-15(8-6-13)24(21,22)18-4/h5-9,18H,10-12H2,1-4H3. The van der Waals surface area contributed by atoms with Crippen LogP contribution in [0, 0.1) is 0 Å². The number of benzene rings is 1. The minimum Gasteiger partial charge on any atom is -0.444 e. The first-order chi connectivity index (χ1) is 11.1. The van der Waals surface area contributed by atoms with Crippen LogP contribution in [0.25, 0.3) is 5.57 Å². The zero-order chi connectivity index (χ0) is 18.0. The highest BCUT2D eigenvalue weighted by molar-refractivity contribution is 7.89. The molecule has 0 aliphatic carbocycles. The molecule has 0 fully saturated rings. The van der Waals surface area contributed by atoms with E-state index in [0.29, 0.717) is 19.5 Å². The fraction of sp³-hybridized carbons (Fsp3) is 0.471. The lowest BCUT2D eigenvalue weighted by molar-refractivity contribution is 0.0270. The van der Waals surface area contributed by atoms with Gasteiger partial charge in [-0.2, -0.15) is 0 Å². The van der Waals surface area contributed by atoms with Gasteiger partial charge in [0.05, 0.1) is 4.90 Å². The zero-order valence-corrected chi connectivity index (χ0v) is 15.3. The SMILES string of the molecule is CNS(=O)(=O)c1ccc(C2=CCN(C(=O)OC(C)(C)C)CC2)cc1. The zero-order valence-electron chi connectivity index (χ0n) is 14.5. The smallest absolute Gasteiger partial charge is 0.410 e. The van der Waals surface area contributed by atoms with Gasteiger partial charge in [-0.15, -0.1) is 0 Å². The molecule has 1 aliphatic heterocycles. The van der Waals surface area contributed by atoms with Crippen LogP contribution in [0.5, 0.6) is 0 Å². The summed E-state index contributed by atoms with van der Waals surface area (Å²) in [6.45, 7) is 6.60. The Hall–Kier alpha value is -1.86. The van der Waals surface area contributed by atoms with Crippen molar-refractivity contribution in [2.75, 3.05) is 20.1 Å². The van der Waals surface area contributed by atoms with Gasteiger partial charge >= 0.3 is 6.09 Å². The van der Waals surface area contributed by atoms with Crippen LogP contribution in [0.15, 0.2) is 35.2 Å². The van der Waals surface area contributed by atoms with Crippen LogP contribution in [0.2, 0.25) is 0 Å². The summed E-state index contributed by atoms with van der Waals surface area (Å²) >= 11 is 0. The maximum absolute atomic E-state index is 12.0. The number of sulfonamides is 1. The molecule has 0 bridgehead atoms. The maximum Gasteiger partial charge on any atom is 0.410 e. The molecule has 0 aromatic heterocycles. The van der Waals surface area contributed by atoms with Crippen molar-refractivity contribution >= 4 is 21.7 Å². The number of hydrogen-bond donors (Lipinski definition) is 1. The van der Waals surface area contributed by atoms with Gasteiger partial charge in [0.1, 0.15) is 5.60 Å². The predicted molar refractivity (Wildman–Crippen MR) is 93.1 cm³/mol. The third-order valence-electron chi connectivity index (χ3n) is 3.66. The minimum atomic E-state index is -3.42. The quantitative estimate of drug-likeness (QED) is 0.907. The second-order valence-corrected chi connectivity index (χ2v) is 8.52. The van der Waals surface area contributed by atoms with Gasteiger partial charge in [0, 0.05) is 13.1 Å². The lowest BCUT2D eigenvalue weighted by Gasteiger charge is -2.29. The number of ether oxygens (including phenoxy) is 1. The summed E-state index contributed by atoms with van der Waals surface area (Å²) in [6.07, 6.45) is 2.38. The van der Waals surface area contributed by atoms with Crippen molar-refractivity contribution in [2.24, 2.45) is 0 Å². The number of carbonyl (C=O) groups excluding carboxylic acids is 1. The van der Waals surface area contributed by atoms with E-state index in [-0.39, 0.29) is 11.0 Å². The highest BCUT2D eigenvalue weighted by Gasteiger charge is 2.24. The molecule has 1 aromatic rings. The van der Waals surface area contributed by atoms with Gasteiger partial charge in [-0.3, -0.25) is 0 Å². The minimum absolute atomic E-state index is 0.237. The Balaban J connectivity index is 2.06. The molecule has 0 spiro atoms. The van der Waals surface area contributed by atoms with E-state index in [1.165, 1.54) is 7.05 Å². The van der Waals surface area contributed by atoms with Crippen LogP contribution in [0.1, 0.15) is 32.8 Å². The van der Waals surface area contributed by atoms with Crippen LogP contribution in [0.4, 0.5) is 4.79 Å². The van der Waals surface area contributed by atoms with Crippen molar-refractivity contribution in [1.82, 2.24) is 9.62 Å². The van der Waals surface area contributed by atoms with Gasteiger partial charge in [-0.1, -0.05) is 18.2 Å². The van der Waals surface area contributed by atoms with E-state index in [0.717, 1.165) is 11.1 Å². The molecule has 0 saturated heterocycles. The van der Waals surface area contributed by atoms with Crippen LogP contribution >= 0.6 is 0 Å². The summed E-state index contributed by atoms with van der Waals surface area (Å²) in [4.78, 5) is 13.9. The van der Waals surface area contributed by atoms with E-state index >= 15 is 0 Å². The lowest BCUT2D eigenvalue weighted by Crippen LogP contribution is -2.39. The molecule has 6 nitrogen and oxygen atoms in total. The predicted octanol–water partition coefficient (Wildman–Crippen LogP) is 2.62. The number of hydrogen-bond acceptors (Lipinski definition) is 4. The molecule has 1 N–H and O–H groups in total. The summed E-state index contributed by atoms with van der Waals surface area (Å²) in [7, 11) is -2.03. The van der Waals surface area contributed by atoms with Crippen LogP contribution in [-0.4, -0.2) is 45.1 Å². The summed E-state index contributed by atoms with van der Waals surface area (Å²) in [5.74, 6) is 0. The van der Waals surface area contributed by atoms with E-state index in [1.807, 2.05) is 26.8 Å². The van der Waals surface area contributed by atoms with Gasteiger partial charge < -0.3 is 9.64 Å². The molecule has 1 aromatic carbocycles. The second kappa shape index (κ2) is 6.94. The summed E-state index contributed by atoms with van der Waals surface area (Å²) in [5, 5.41) is 0. The van der Waals surface area contributed by atoms with Crippen molar-refractivity contribution in [3.05, 3.63) is 35.9 Å². The highest BCUT2D eigenvalue weighted by atomic mass is 32.2. The largest absolute Gasteiger partial charge is 0.444 e. The molecule has 1 heterocycles. The van der Waals surface area contributed by atoms with Crippen molar-refractivity contribution in [2.45, 2.75) is 37.7 Å². The number of amides is 1. The molecular weight excluding hydrogens is 328 g/mol. The van der Waals surface area contributed by atoms with Crippen molar-refractivity contribution in [3.8, 4) is 0 Å². The van der Waals surface area contributed by atoms with Gasteiger partial charge in [-0.25, -0.2) is 17.9 Å². The normalized spacial score (nSPS) is 15.8. The molecule has 2 rings (SSSR count). The summed E-state index contributed by atoms with van der Waals surface area (Å²) < 4.78 is 31.1. The number of rotatable bonds is 3. The Kier molecular flexibility index (Phi) is 5.35. The highest BCUT2D eigenvalue weighted by Crippen LogP contribution is 2.24. The second-order valence-electron chi connectivity index (χ2n) is 6.64. The average molecular weight is 352 g/mol. The Morgan fingerprint density at radius 1 is 1.21 bits per heavy atom. The van der Waals surface area contributed by atoms with Crippen LogP contribution in [-0.2, 0) is 14.8 Å². The van der Waals surface area contributed by atoms with Gasteiger partial charge in [-0.05, 0) is 57.5 Å². The third-order valence-corrected chi connectivity index (χ3v) is 5.10. The topological polar surface area (TPSA) is 75.7 Å². The molecule has 0 unspecified atom stereocenters. The Labute approximate surface area is 143 Å². The Morgan fingerprint density at radius 3 is 2.29 bits per heavy atom. The summed E-state index contributed by atoms with van der Waals surface area (Å²) in [6, 6.07) is 6.75. The molecule has 24 heavy (non-hydrogen) atoms. The van der Waals surface area contributed by atoms with Crippen molar-refractivity contribution < 1.29 is 17.9 Å². The van der Waals surface area contributed by atoms with Gasteiger partial charge in [0.15, 0.2) is 0 Å². The van der Waals surface area contributed by atoms with E-state index in [2.05, 4.69) is 4.72 Å². The first kappa shape index (κ1) is 18.5. The van der Waals surface area contributed by atoms with Crippen molar-refractivity contribution in [3.63, 3.8) is 0 Å². The molecular formula is C17H24N2O4S. The van der Waals surface area contributed by atoms with E-state index in [9.17, 15) is 13.2 Å². The molecule has 7 heteroatoms. The molecule has 1 aliphatic rings.